The molecule has 0 bridgehead atoms. The number of carbonyl (C=O) groups excluding carboxylic acids is 2. The van der Waals surface area contributed by atoms with Gasteiger partial charge in [0.15, 0.2) is 0 Å². The van der Waals surface area contributed by atoms with E-state index in [0.717, 1.165) is 6.42 Å². The normalized spacial score (nSPS) is 19.5. The molecule has 6 heteroatoms. The van der Waals surface area contributed by atoms with E-state index in [4.69, 9.17) is 5.73 Å². The molecule has 1 fully saturated rings. The number of hydrogen-bond acceptors (Lipinski definition) is 4. The molecule has 0 aliphatic carbocycles. The van der Waals surface area contributed by atoms with Gasteiger partial charge in [0.05, 0.1) is 5.56 Å². The van der Waals surface area contributed by atoms with Crippen LogP contribution in [0, 0.1) is 0 Å². The molecule has 2 rings (SSSR count). The zero-order valence-corrected chi connectivity index (χ0v) is 9.27. The van der Waals surface area contributed by atoms with E-state index >= 15 is 0 Å². The molecule has 1 aromatic rings. The fourth-order valence-electron chi connectivity index (χ4n) is 1.77. The van der Waals surface area contributed by atoms with Crippen molar-refractivity contribution < 1.29 is 9.59 Å². The van der Waals surface area contributed by atoms with Crippen molar-refractivity contribution in [3.05, 3.63) is 23.9 Å². The second-order valence-electron chi connectivity index (χ2n) is 3.95. The lowest BCUT2D eigenvalue weighted by Gasteiger charge is -2.24. The fraction of sp³-hybridized carbons (Fsp3) is 0.364. The van der Waals surface area contributed by atoms with Crippen LogP contribution in [0.2, 0.25) is 0 Å². The largest absolute Gasteiger partial charge is 0.365 e. The average Bonchev–Trinajstić information content (AvgIpc) is 2.32. The van der Waals surface area contributed by atoms with E-state index in [9.17, 15) is 9.59 Å². The van der Waals surface area contributed by atoms with Gasteiger partial charge >= 0.3 is 0 Å². The quantitative estimate of drug-likeness (QED) is 0.678. The lowest BCUT2D eigenvalue weighted by atomic mass is 10.1. The van der Waals surface area contributed by atoms with Crippen LogP contribution in [0.5, 0.6) is 0 Å². The van der Waals surface area contributed by atoms with Crippen LogP contribution in [0.25, 0.3) is 0 Å². The third kappa shape index (κ3) is 2.72. The van der Waals surface area contributed by atoms with E-state index in [0.29, 0.717) is 24.3 Å². The Labute approximate surface area is 98.6 Å². The molecule has 1 saturated heterocycles. The summed E-state index contributed by atoms with van der Waals surface area (Å²) in [5, 5.41) is 5.88. The van der Waals surface area contributed by atoms with Gasteiger partial charge in [-0.15, -0.1) is 0 Å². The Morgan fingerprint density at radius 1 is 1.59 bits per heavy atom. The first-order chi connectivity index (χ1) is 8.16. The van der Waals surface area contributed by atoms with Gasteiger partial charge in [0.1, 0.15) is 5.82 Å². The van der Waals surface area contributed by atoms with Crippen molar-refractivity contribution in [1.82, 2.24) is 10.3 Å². The highest BCUT2D eigenvalue weighted by Gasteiger charge is 2.19. The van der Waals surface area contributed by atoms with Crippen molar-refractivity contribution in [1.29, 1.82) is 0 Å². The first kappa shape index (κ1) is 11.4. The highest BCUT2D eigenvalue weighted by Crippen LogP contribution is 2.14. The van der Waals surface area contributed by atoms with Gasteiger partial charge < -0.3 is 16.4 Å². The molecule has 1 atom stereocenters. The molecule has 0 radical (unpaired) electrons. The summed E-state index contributed by atoms with van der Waals surface area (Å²) in [6.45, 7) is 0.535. The minimum Gasteiger partial charge on any atom is -0.365 e. The van der Waals surface area contributed by atoms with E-state index in [-0.39, 0.29) is 11.9 Å². The van der Waals surface area contributed by atoms with Gasteiger partial charge in [0.25, 0.3) is 5.91 Å². The fourth-order valence-corrected chi connectivity index (χ4v) is 1.77. The topological polar surface area (TPSA) is 97.1 Å². The van der Waals surface area contributed by atoms with Crippen LogP contribution in [0.3, 0.4) is 0 Å². The number of pyridine rings is 1. The highest BCUT2D eigenvalue weighted by molar-refractivity contribution is 5.97. The van der Waals surface area contributed by atoms with Gasteiger partial charge in [-0.1, -0.05) is 0 Å². The summed E-state index contributed by atoms with van der Waals surface area (Å²) in [5.74, 6) is 0.0146. The van der Waals surface area contributed by atoms with Crippen LogP contribution in [0.4, 0.5) is 5.82 Å². The van der Waals surface area contributed by atoms with Gasteiger partial charge in [-0.2, -0.15) is 0 Å². The summed E-state index contributed by atoms with van der Waals surface area (Å²) in [4.78, 5) is 26.3. The third-order valence-corrected chi connectivity index (χ3v) is 2.68. The summed E-state index contributed by atoms with van der Waals surface area (Å²) in [6.07, 6.45) is 2.80. The second-order valence-corrected chi connectivity index (χ2v) is 3.95. The molecular weight excluding hydrogens is 220 g/mol. The number of piperidine rings is 1. The molecular formula is C11H14N4O2. The number of anilines is 1. The van der Waals surface area contributed by atoms with E-state index in [1.807, 2.05) is 0 Å². The summed E-state index contributed by atoms with van der Waals surface area (Å²) in [5.41, 5.74) is 5.62. The summed E-state index contributed by atoms with van der Waals surface area (Å²) in [7, 11) is 0. The monoisotopic (exact) mass is 234 g/mol. The van der Waals surface area contributed by atoms with Crippen molar-refractivity contribution in [3.8, 4) is 0 Å². The van der Waals surface area contributed by atoms with Crippen molar-refractivity contribution in [2.45, 2.75) is 18.9 Å². The highest BCUT2D eigenvalue weighted by atomic mass is 16.2. The number of aromatic nitrogens is 1. The molecule has 2 heterocycles. The van der Waals surface area contributed by atoms with Gasteiger partial charge in [-0.05, 0) is 18.6 Å². The van der Waals surface area contributed by atoms with Crippen LogP contribution in [0.1, 0.15) is 23.2 Å². The number of primary amides is 1. The lowest BCUT2D eigenvalue weighted by molar-refractivity contribution is -0.122. The van der Waals surface area contributed by atoms with Gasteiger partial charge in [-0.3, -0.25) is 9.59 Å². The number of nitrogens with two attached hydrogens (primary N) is 1. The molecule has 1 unspecified atom stereocenters. The summed E-state index contributed by atoms with van der Waals surface area (Å²) >= 11 is 0. The average molecular weight is 234 g/mol. The standard InChI is InChI=1S/C11H14N4O2/c12-10(17)8-2-1-5-13-11(8)15-7-3-4-9(16)14-6-7/h1-2,5,7H,3-4,6H2,(H2,12,17)(H,13,15)(H,14,16). The maximum absolute atomic E-state index is 11.2. The predicted molar refractivity (Wildman–Crippen MR) is 62.4 cm³/mol. The summed E-state index contributed by atoms with van der Waals surface area (Å²) in [6, 6.07) is 3.37. The molecule has 90 valence electrons. The molecule has 1 aliphatic rings. The van der Waals surface area contributed by atoms with Gasteiger partial charge in [-0.25, -0.2) is 4.98 Å². The number of hydrogen-bond donors (Lipinski definition) is 3. The molecule has 0 aromatic carbocycles. The van der Waals surface area contributed by atoms with Crippen molar-refractivity contribution >= 4 is 17.6 Å². The van der Waals surface area contributed by atoms with Crippen LogP contribution < -0.4 is 16.4 Å². The minimum absolute atomic E-state index is 0.0548. The van der Waals surface area contributed by atoms with Gasteiger partial charge in [0, 0.05) is 25.2 Å². The third-order valence-electron chi connectivity index (χ3n) is 2.68. The Morgan fingerprint density at radius 2 is 2.41 bits per heavy atom. The van der Waals surface area contributed by atoms with Crippen molar-refractivity contribution in [2.24, 2.45) is 5.73 Å². The summed E-state index contributed by atoms with van der Waals surface area (Å²) < 4.78 is 0. The maximum Gasteiger partial charge on any atom is 0.252 e. The Bertz CT molecular complexity index is 437. The van der Waals surface area contributed by atoms with Crippen molar-refractivity contribution in [2.75, 3.05) is 11.9 Å². The SMILES string of the molecule is NC(=O)c1cccnc1NC1CCC(=O)NC1. The molecule has 4 N–H and O–H groups in total. The number of carbonyl (C=O) groups is 2. The zero-order valence-electron chi connectivity index (χ0n) is 9.27. The first-order valence-corrected chi connectivity index (χ1v) is 5.45. The number of nitrogens with zero attached hydrogens (tertiary/aromatic N) is 1. The van der Waals surface area contributed by atoms with Gasteiger partial charge in [0.2, 0.25) is 5.91 Å². The Morgan fingerprint density at radius 3 is 3.06 bits per heavy atom. The molecule has 1 aromatic heterocycles. The molecule has 0 spiro atoms. The van der Waals surface area contributed by atoms with E-state index in [1.165, 1.54) is 0 Å². The van der Waals surface area contributed by atoms with Crippen molar-refractivity contribution in [3.63, 3.8) is 0 Å². The Kier molecular flexibility index (Phi) is 3.22. The van der Waals surface area contributed by atoms with E-state index < -0.39 is 5.91 Å². The van der Waals surface area contributed by atoms with Crippen LogP contribution in [0.15, 0.2) is 18.3 Å². The predicted octanol–water partition coefficient (Wildman–Crippen LogP) is -0.129. The molecule has 1 aliphatic heterocycles. The maximum atomic E-state index is 11.2. The van der Waals surface area contributed by atoms with Crippen LogP contribution in [-0.2, 0) is 4.79 Å². The first-order valence-electron chi connectivity index (χ1n) is 5.45. The van der Waals surface area contributed by atoms with E-state index in [2.05, 4.69) is 15.6 Å². The number of amides is 2. The Balaban J connectivity index is 2.08. The molecule has 2 amide bonds. The molecule has 17 heavy (non-hydrogen) atoms. The second kappa shape index (κ2) is 4.82. The number of rotatable bonds is 3. The lowest BCUT2D eigenvalue weighted by Crippen LogP contribution is -2.42. The Hall–Kier alpha value is -2.11. The minimum atomic E-state index is -0.513. The molecule has 0 saturated carbocycles. The van der Waals surface area contributed by atoms with E-state index in [1.54, 1.807) is 18.3 Å². The van der Waals surface area contributed by atoms with Crippen LogP contribution in [-0.4, -0.2) is 29.4 Å². The molecule has 6 nitrogen and oxygen atoms in total. The zero-order chi connectivity index (χ0) is 12.3. The smallest absolute Gasteiger partial charge is 0.252 e. The number of nitrogens with one attached hydrogen (secondary N) is 2. The van der Waals surface area contributed by atoms with Crippen LogP contribution >= 0.6 is 0 Å².